The van der Waals surface area contributed by atoms with Gasteiger partial charge in [-0.15, -0.1) is 11.3 Å². The minimum atomic E-state index is -0.364. The van der Waals surface area contributed by atoms with Gasteiger partial charge in [0.15, 0.2) is 5.13 Å². The molecule has 1 amide bonds. The fraction of sp³-hybridized carbons (Fsp3) is 0.250. The lowest BCUT2D eigenvalue weighted by Gasteiger charge is -2.24. The third-order valence-electron chi connectivity index (χ3n) is 3.87. The third kappa shape index (κ3) is 1.99. The number of carbonyl (C=O) groups is 1. The van der Waals surface area contributed by atoms with Crippen LogP contribution in [0, 0.1) is 0 Å². The number of aromatic amines is 1. The van der Waals surface area contributed by atoms with Gasteiger partial charge in [0.25, 0.3) is 0 Å². The van der Waals surface area contributed by atoms with E-state index in [2.05, 4.69) is 16.0 Å². The highest BCUT2D eigenvalue weighted by atomic mass is 32.1. The first kappa shape index (κ1) is 13.3. The van der Waals surface area contributed by atoms with E-state index in [0.29, 0.717) is 11.7 Å². The molecule has 0 bridgehead atoms. The second-order valence-electron chi connectivity index (χ2n) is 6.00. The van der Waals surface area contributed by atoms with Crippen molar-refractivity contribution in [3.05, 3.63) is 35.8 Å². The number of nitrogens with one attached hydrogen (secondary N) is 1. The molecule has 22 heavy (non-hydrogen) atoms. The summed E-state index contributed by atoms with van der Waals surface area (Å²) in [6.45, 7) is 4.34. The first-order valence-electron chi connectivity index (χ1n) is 7.05. The van der Waals surface area contributed by atoms with Crippen LogP contribution in [0.15, 0.2) is 35.8 Å². The van der Waals surface area contributed by atoms with Crippen LogP contribution in [0.1, 0.15) is 13.8 Å². The van der Waals surface area contributed by atoms with Gasteiger partial charge in [-0.3, -0.25) is 0 Å². The minimum absolute atomic E-state index is 0.327. The lowest BCUT2D eigenvalue weighted by atomic mass is 10.1. The Balaban J connectivity index is 1.73. The van der Waals surface area contributed by atoms with Crippen molar-refractivity contribution in [2.45, 2.75) is 19.4 Å². The van der Waals surface area contributed by atoms with Crippen molar-refractivity contribution in [2.75, 3.05) is 11.5 Å². The van der Waals surface area contributed by atoms with Crippen LogP contribution in [0.2, 0.25) is 0 Å². The Morgan fingerprint density at radius 1 is 1.36 bits per heavy atom. The summed E-state index contributed by atoms with van der Waals surface area (Å²) >= 11 is 1.46. The molecule has 0 aliphatic carbocycles. The van der Waals surface area contributed by atoms with E-state index in [1.165, 1.54) is 11.3 Å². The van der Waals surface area contributed by atoms with Gasteiger partial charge >= 0.3 is 6.09 Å². The number of amides is 1. The molecule has 1 saturated heterocycles. The van der Waals surface area contributed by atoms with Crippen molar-refractivity contribution in [1.29, 1.82) is 0 Å². The summed E-state index contributed by atoms with van der Waals surface area (Å²) in [5.41, 5.74) is 2.65. The fourth-order valence-electron chi connectivity index (χ4n) is 2.66. The normalized spacial score (nSPS) is 17.2. The Hall–Kier alpha value is -2.34. The van der Waals surface area contributed by atoms with Crippen LogP contribution in [0.3, 0.4) is 0 Å². The number of hydrogen-bond donors (Lipinski definition) is 1. The summed E-state index contributed by atoms with van der Waals surface area (Å²) in [5, 5.41) is 3.80. The van der Waals surface area contributed by atoms with E-state index in [0.717, 1.165) is 22.2 Å². The standard InChI is InChI=1S/C16H15N3O2S/c1-16(2)9-21-15(20)19(16)14-18-13(8-22-14)10-3-4-12-11(7-10)5-6-17-12/h3-8,17H,9H2,1-2H3. The molecule has 1 aliphatic heterocycles. The van der Waals surface area contributed by atoms with Crippen LogP contribution in [0.4, 0.5) is 9.93 Å². The Kier molecular flexibility index (Phi) is 2.77. The molecule has 1 aromatic carbocycles. The van der Waals surface area contributed by atoms with E-state index in [1.54, 1.807) is 4.90 Å². The molecule has 4 rings (SSSR count). The lowest BCUT2D eigenvalue weighted by Crippen LogP contribution is -2.42. The van der Waals surface area contributed by atoms with Gasteiger partial charge in [-0.25, -0.2) is 14.7 Å². The maximum atomic E-state index is 11.9. The number of aromatic nitrogens is 2. The van der Waals surface area contributed by atoms with Gasteiger partial charge in [0.05, 0.1) is 11.2 Å². The van der Waals surface area contributed by atoms with Gasteiger partial charge < -0.3 is 9.72 Å². The highest BCUT2D eigenvalue weighted by Crippen LogP contribution is 2.35. The van der Waals surface area contributed by atoms with Crippen molar-refractivity contribution in [1.82, 2.24) is 9.97 Å². The lowest BCUT2D eigenvalue weighted by molar-refractivity contribution is 0.175. The summed E-state index contributed by atoms with van der Waals surface area (Å²) in [6.07, 6.45) is 1.59. The van der Waals surface area contributed by atoms with Gasteiger partial charge in [-0.2, -0.15) is 0 Å². The van der Waals surface area contributed by atoms with Crippen LogP contribution in [0.25, 0.3) is 22.2 Å². The van der Waals surface area contributed by atoms with E-state index in [4.69, 9.17) is 4.74 Å². The number of carbonyl (C=O) groups excluding carboxylic acids is 1. The summed E-state index contributed by atoms with van der Waals surface area (Å²) in [4.78, 5) is 21.4. The number of ether oxygens (including phenoxy) is 1. The molecule has 1 N–H and O–H groups in total. The predicted molar refractivity (Wildman–Crippen MR) is 87.3 cm³/mol. The van der Waals surface area contributed by atoms with Crippen LogP contribution in [-0.4, -0.2) is 28.2 Å². The second-order valence-corrected chi connectivity index (χ2v) is 6.83. The van der Waals surface area contributed by atoms with Crippen LogP contribution in [0.5, 0.6) is 0 Å². The zero-order valence-electron chi connectivity index (χ0n) is 12.3. The van der Waals surface area contributed by atoms with Crippen LogP contribution >= 0.6 is 11.3 Å². The molecule has 3 aromatic rings. The van der Waals surface area contributed by atoms with Crippen molar-refractivity contribution in [3.8, 4) is 11.3 Å². The first-order chi connectivity index (χ1) is 10.5. The molecule has 0 spiro atoms. The summed E-state index contributed by atoms with van der Waals surface area (Å²) < 4.78 is 5.15. The number of anilines is 1. The van der Waals surface area contributed by atoms with Crippen LogP contribution in [-0.2, 0) is 4.74 Å². The third-order valence-corrected chi connectivity index (χ3v) is 4.69. The molecule has 0 unspecified atom stereocenters. The Bertz CT molecular complexity index is 865. The number of fused-ring (bicyclic) bond motifs is 1. The SMILES string of the molecule is CC1(C)COC(=O)N1c1nc(-c2ccc3[nH]ccc3c2)cs1. The van der Waals surface area contributed by atoms with E-state index in [-0.39, 0.29) is 11.6 Å². The smallest absolute Gasteiger partial charge is 0.416 e. The first-order valence-corrected chi connectivity index (χ1v) is 7.93. The van der Waals surface area contributed by atoms with Gasteiger partial charge in [0.1, 0.15) is 6.61 Å². The molecule has 0 saturated carbocycles. The summed E-state index contributed by atoms with van der Waals surface area (Å²) in [5.74, 6) is 0. The Morgan fingerprint density at radius 3 is 3.00 bits per heavy atom. The molecule has 1 aliphatic rings. The van der Waals surface area contributed by atoms with Crippen molar-refractivity contribution >= 4 is 33.5 Å². The van der Waals surface area contributed by atoms with Crippen LogP contribution < -0.4 is 4.90 Å². The van der Waals surface area contributed by atoms with Gasteiger partial charge in [0.2, 0.25) is 0 Å². The topological polar surface area (TPSA) is 58.2 Å². The van der Waals surface area contributed by atoms with E-state index < -0.39 is 0 Å². The Morgan fingerprint density at radius 2 is 2.23 bits per heavy atom. The number of hydrogen-bond acceptors (Lipinski definition) is 4. The number of rotatable bonds is 2. The molecule has 1 fully saturated rings. The zero-order chi connectivity index (χ0) is 15.3. The largest absolute Gasteiger partial charge is 0.447 e. The second kappa shape index (κ2) is 4.58. The van der Waals surface area contributed by atoms with Crippen molar-refractivity contribution in [2.24, 2.45) is 0 Å². The highest BCUT2D eigenvalue weighted by molar-refractivity contribution is 7.14. The number of cyclic esters (lactones) is 1. The van der Waals surface area contributed by atoms with Crippen molar-refractivity contribution in [3.63, 3.8) is 0 Å². The molecular weight excluding hydrogens is 298 g/mol. The number of H-pyrrole nitrogens is 1. The van der Waals surface area contributed by atoms with Gasteiger partial charge in [0, 0.05) is 28.0 Å². The molecule has 0 atom stereocenters. The molecule has 112 valence electrons. The average Bonchev–Trinajstić information content (AvgIpc) is 3.17. The molecular formula is C16H15N3O2S. The van der Waals surface area contributed by atoms with Gasteiger partial charge in [-0.05, 0) is 32.0 Å². The minimum Gasteiger partial charge on any atom is -0.447 e. The van der Waals surface area contributed by atoms with Gasteiger partial charge in [-0.1, -0.05) is 6.07 Å². The van der Waals surface area contributed by atoms with E-state index in [9.17, 15) is 4.79 Å². The molecule has 3 heterocycles. The molecule has 6 heteroatoms. The average molecular weight is 313 g/mol. The number of benzene rings is 1. The fourth-order valence-corrected chi connectivity index (χ4v) is 3.65. The number of nitrogens with zero attached hydrogens (tertiary/aromatic N) is 2. The molecule has 5 nitrogen and oxygen atoms in total. The van der Waals surface area contributed by atoms with Crippen molar-refractivity contribution < 1.29 is 9.53 Å². The summed E-state index contributed by atoms with van der Waals surface area (Å²) in [6, 6.07) is 8.20. The Labute approximate surface area is 131 Å². The zero-order valence-corrected chi connectivity index (χ0v) is 13.1. The van der Waals surface area contributed by atoms with E-state index in [1.807, 2.05) is 43.6 Å². The highest BCUT2D eigenvalue weighted by Gasteiger charge is 2.42. The predicted octanol–water partition coefficient (Wildman–Crippen LogP) is 4.03. The maximum absolute atomic E-state index is 11.9. The molecule has 2 aromatic heterocycles. The monoisotopic (exact) mass is 313 g/mol. The number of thiazole rings is 1. The molecule has 0 radical (unpaired) electrons. The quantitative estimate of drug-likeness (QED) is 0.777. The maximum Gasteiger partial charge on any atom is 0.416 e. The summed E-state index contributed by atoms with van der Waals surface area (Å²) in [7, 11) is 0. The van der Waals surface area contributed by atoms with E-state index >= 15 is 0 Å².